The van der Waals surface area contributed by atoms with E-state index in [9.17, 15) is 0 Å². The first-order valence-corrected chi connectivity index (χ1v) is 7.62. The van der Waals surface area contributed by atoms with E-state index in [1.54, 1.807) is 29.0 Å². The number of thiophene rings is 2. The summed E-state index contributed by atoms with van der Waals surface area (Å²) in [5, 5.41) is 8.80. The number of anilines is 1. The highest BCUT2D eigenvalue weighted by molar-refractivity contribution is 7.16. The first-order chi connectivity index (χ1) is 8.88. The Balaban J connectivity index is 1.93. The van der Waals surface area contributed by atoms with Crippen molar-refractivity contribution in [3.05, 3.63) is 40.2 Å². The zero-order valence-corrected chi connectivity index (χ0v) is 11.6. The molecule has 3 nitrogen and oxygen atoms in total. The highest BCUT2D eigenvalue weighted by Crippen LogP contribution is 2.29. The molecule has 1 N–H and O–H groups in total. The molecule has 0 aliphatic carbocycles. The van der Waals surface area contributed by atoms with Crippen LogP contribution in [0.3, 0.4) is 0 Å². The molecule has 0 saturated heterocycles. The molecule has 5 heteroatoms. The third-order valence-corrected chi connectivity index (χ3v) is 4.67. The van der Waals surface area contributed by atoms with E-state index in [-0.39, 0.29) is 0 Å². The number of nitrogens with one attached hydrogen (secondary N) is 1. The maximum absolute atomic E-state index is 4.37. The summed E-state index contributed by atoms with van der Waals surface area (Å²) in [4.78, 5) is 11.0. The van der Waals surface area contributed by atoms with Crippen LogP contribution in [-0.4, -0.2) is 9.97 Å². The highest BCUT2D eigenvalue weighted by Gasteiger charge is 2.13. The van der Waals surface area contributed by atoms with E-state index in [1.165, 1.54) is 4.88 Å². The Kier molecular flexibility index (Phi) is 3.25. The Labute approximate surface area is 114 Å². The molecule has 0 bridgehead atoms. The average molecular weight is 275 g/mol. The first-order valence-electron chi connectivity index (χ1n) is 5.86. The van der Waals surface area contributed by atoms with Gasteiger partial charge in [0.15, 0.2) is 0 Å². The van der Waals surface area contributed by atoms with Gasteiger partial charge >= 0.3 is 0 Å². The minimum absolute atomic E-state index is 0.322. The fourth-order valence-electron chi connectivity index (χ4n) is 1.93. The molecule has 0 aliphatic rings. The SMILES string of the molecule is CC[C@@H](Nc1ncnc2sccc12)c1cccs1. The molecule has 3 heterocycles. The second-order valence-corrected chi connectivity index (χ2v) is 5.86. The summed E-state index contributed by atoms with van der Waals surface area (Å²) in [5.74, 6) is 0.932. The lowest BCUT2D eigenvalue weighted by atomic mass is 10.2. The lowest BCUT2D eigenvalue weighted by molar-refractivity contribution is 0.760. The second kappa shape index (κ2) is 5.04. The van der Waals surface area contributed by atoms with Crippen LogP contribution in [0.1, 0.15) is 24.3 Å². The molecule has 18 heavy (non-hydrogen) atoms. The molecular formula is C13H13N3S2. The van der Waals surface area contributed by atoms with Crippen molar-refractivity contribution in [2.75, 3.05) is 5.32 Å². The molecule has 0 unspecified atom stereocenters. The van der Waals surface area contributed by atoms with Crippen LogP contribution in [0.2, 0.25) is 0 Å². The van der Waals surface area contributed by atoms with Gasteiger partial charge in [0.2, 0.25) is 0 Å². The van der Waals surface area contributed by atoms with Crippen LogP contribution in [0.15, 0.2) is 35.3 Å². The summed E-state index contributed by atoms with van der Waals surface area (Å²) in [6.07, 6.45) is 2.67. The maximum Gasteiger partial charge on any atom is 0.138 e. The predicted molar refractivity (Wildman–Crippen MR) is 78.4 cm³/mol. The number of aromatic nitrogens is 2. The van der Waals surface area contributed by atoms with Crippen molar-refractivity contribution in [3.8, 4) is 0 Å². The smallest absolute Gasteiger partial charge is 0.138 e. The fourth-order valence-corrected chi connectivity index (χ4v) is 3.53. The van der Waals surface area contributed by atoms with Gasteiger partial charge in [-0.2, -0.15) is 0 Å². The van der Waals surface area contributed by atoms with E-state index >= 15 is 0 Å². The van der Waals surface area contributed by atoms with Crippen molar-refractivity contribution in [2.24, 2.45) is 0 Å². The van der Waals surface area contributed by atoms with Crippen molar-refractivity contribution >= 4 is 38.7 Å². The molecule has 0 saturated carbocycles. The Bertz CT molecular complexity index is 631. The number of hydrogen-bond acceptors (Lipinski definition) is 5. The van der Waals surface area contributed by atoms with Gasteiger partial charge in [0.25, 0.3) is 0 Å². The first kappa shape index (κ1) is 11.6. The molecule has 0 aliphatic heterocycles. The Morgan fingerprint density at radius 3 is 2.94 bits per heavy atom. The fraction of sp³-hybridized carbons (Fsp3) is 0.231. The predicted octanol–water partition coefficient (Wildman–Crippen LogP) is 4.32. The minimum atomic E-state index is 0.322. The molecule has 0 amide bonds. The van der Waals surface area contributed by atoms with Crippen molar-refractivity contribution in [1.82, 2.24) is 9.97 Å². The van der Waals surface area contributed by atoms with E-state index in [1.807, 2.05) is 0 Å². The summed E-state index contributed by atoms with van der Waals surface area (Å²) in [6.45, 7) is 2.18. The lowest BCUT2D eigenvalue weighted by Crippen LogP contribution is -2.09. The van der Waals surface area contributed by atoms with Crippen LogP contribution in [0.5, 0.6) is 0 Å². The van der Waals surface area contributed by atoms with Gasteiger partial charge in [0.1, 0.15) is 17.0 Å². The number of fused-ring (bicyclic) bond motifs is 1. The lowest BCUT2D eigenvalue weighted by Gasteiger charge is -2.16. The Morgan fingerprint density at radius 2 is 2.17 bits per heavy atom. The molecule has 0 spiro atoms. The van der Waals surface area contributed by atoms with Gasteiger partial charge in [0, 0.05) is 4.88 Å². The van der Waals surface area contributed by atoms with Gasteiger partial charge in [-0.3, -0.25) is 0 Å². The molecule has 3 aromatic heterocycles. The van der Waals surface area contributed by atoms with E-state index in [0.29, 0.717) is 6.04 Å². The van der Waals surface area contributed by atoms with Crippen molar-refractivity contribution in [1.29, 1.82) is 0 Å². The molecule has 3 aromatic rings. The molecule has 0 radical (unpaired) electrons. The minimum Gasteiger partial charge on any atom is -0.362 e. The molecule has 0 fully saturated rings. The third-order valence-electron chi connectivity index (χ3n) is 2.87. The highest BCUT2D eigenvalue weighted by atomic mass is 32.1. The van der Waals surface area contributed by atoms with Crippen molar-refractivity contribution in [3.63, 3.8) is 0 Å². The van der Waals surface area contributed by atoms with Crippen LogP contribution in [0.25, 0.3) is 10.2 Å². The zero-order chi connectivity index (χ0) is 12.4. The molecule has 92 valence electrons. The van der Waals surface area contributed by atoms with Crippen LogP contribution >= 0.6 is 22.7 Å². The quantitative estimate of drug-likeness (QED) is 0.770. The summed E-state index contributed by atoms with van der Waals surface area (Å²) in [7, 11) is 0. The van der Waals surface area contributed by atoms with Crippen LogP contribution in [0.4, 0.5) is 5.82 Å². The van der Waals surface area contributed by atoms with Crippen molar-refractivity contribution in [2.45, 2.75) is 19.4 Å². The monoisotopic (exact) mass is 275 g/mol. The maximum atomic E-state index is 4.37. The van der Waals surface area contributed by atoms with Gasteiger partial charge in [0.05, 0.1) is 11.4 Å². The van der Waals surface area contributed by atoms with E-state index < -0.39 is 0 Å². The number of rotatable bonds is 4. The normalized spacial score (nSPS) is 12.7. The van der Waals surface area contributed by atoms with Crippen LogP contribution < -0.4 is 5.32 Å². The zero-order valence-electron chi connectivity index (χ0n) is 9.96. The molecule has 3 rings (SSSR count). The van der Waals surface area contributed by atoms with Gasteiger partial charge in [-0.05, 0) is 29.3 Å². The summed E-state index contributed by atoms with van der Waals surface area (Å²) in [5.41, 5.74) is 0. The summed E-state index contributed by atoms with van der Waals surface area (Å²) in [6, 6.07) is 6.65. The van der Waals surface area contributed by atoms with Gasteiger partial charge in [-0.1, -0.05) is 13.0 Å². The van der Waals surface area contributed by atoms with Crippen molar-refractivity contribution < 1.29 is 0 Å². The molecule has 0 aromatic carbocycles. The number of nitrogens with zero attached hydrogens (tertiary/aromatic N) is 2. The molecular weight excluding hydrogens is 262 g/mol. The second-order valence-electron chi connectivity index (χ2n) is 3.98. The van der Waals surface area contributed by atoms with E-state index in [0.717, 1.165) is 22.5 Å². The topological polar surface area (TPSA) is 37.8 Å². The molecule has 1 atom stereocenters. The third kappa shape index (κ3) is 2.11. The van der Waals surface area contributed by atoms with E-state index in [4.69, 9.17) is 0 Å². The van der Waals surface area contributed by atoms with Crippen LogP contribution in [0, 0.1) is 0 Å². The summed E-state index contributed by atoms with van der Waals surface area (Å²) >= 11 is 3.42. The van der Waals surface area contributed by atoms with Gasteiger partial charge < -0.3 is 5.32 Å². The summed E-state index contributed by atoms with van der Waals surface area (Å²) < 4.78 is 0. The van der Waals surface area contributed by atoms with E-state index in [2.05, 4.69) is 51.2 Å². The van der Waals surface area contributed by atoms with Gasteiger partial charge in [-0.15, -0.1) is 22.7 Å². The number of hydrogen-bond donors (Lipinski definition) is 1. The Morgan fingerprint density at radius 1 is 1.22 bits per heavy atom. The van der Waals surface area contributed by atoms with Gasteiger partial charge in [-0.25, -0.2) is 9.97 Å². The van der Waals surface area contributed by atoms with Crippen LogP contribution in [-0.2, 0) is 0 Å². The largest absolute Gasteiger partial charge is 0.362 e. The Hall–Kier alpha value is -1.46. The average Bonchev–Trinajstić information content (AvgIpc) is 3.06. The standard InChI is InChI=1S/C13H13N3S2/c1-2-10(11-4-3-6-17-11)16-12-9-5-7-18-13(9)15-8-14-12/h3-8,10H,2H2,1H3,(H,14,15,16)/t10-/m1/s1.